The predicted octanol–water partition coefficient (Wildman–Crippen LogP) is 2.73. The summed E-state index contributed by atoms with van der Waals surface area (Å²) in [6.07, 6.45) is 6.95. The molecule has 0 aliphatic heterocycles. The van der Waals surface area contributed by atoms with Gasteiger partial charge in [0.1, 0.15) is 0 Å². The number of aliphatic hydroxyl groups excluding tert-OH is 1. The molecule has 1 aliphatic rings. The molecule has 0 aromatic rings. The summed E-state index contributed by atoms with van der Waals surface area (Å²) in [7, 11) is 0. The van der Waals surface area contributed by atoms with E-state index in [0.717, 1.165) is 25.3 Å². The third kappa shape index (κ3) is 4.26. The highest BCUT2D eigenvalue weighted by molar-refractivity contribution is 5.09. The van der Waals surface area contributed by atoms with Crippen molar-refractivity contribution in [3.05, 3.63) is 11.6 Å². The Bertz CT molecular complexity index is 225. The zero-order valence-electron chi connectivity index (χ0n) is 11.0. The third-order valence-corrected chi connectivity index (χ3v) is 3.84. The fraction of sp³-hybridized carbons (Fsp3) is 0.857. The lowest BCUT2D eigenvalue weighted by Crippen LogP contribution is -2.35. The molecule has 94 valence electrons. The number of nitrogens with one attached hydrogen (secondary N) is 1. The molecule has 1 rings (SSSR count). The molecule has 0 amide bonds. The van der Waals surface area contributed by atoms with Crippen LogP contribution in [0.25, 0.3) is 0 Å². The van der Waals surface area contributed by atoms with Gasteiger partial charge in [0.05, 0.1) is 0 Å². The minimum Gasteiger partial charge on any atom is -0.396 e. The first-order valence-electron chi connectivity index (χ1n) is 6.66. The van der Waals surface area contributed by atoms with Crippen LogP contribution in [-0.4, -0.2) is 24.3 Å². The maximum Gasteiger partial charge on any atom is 0.0431 e. The van der Waals surface area contributed by atoms with Gasteiger partial charge in [0.2, 0.25) is 0 Å². The Kier molecular flexibility index (Phi) is 6.07. The Balaban J connectivity index is 2.30. The molecule has 1 aliphatic carbocycles. The summed E-state index contributed by atoms with van der Waals surface area (Å²) in [6, 6.07) is 0.522. The molecule has 0 heterocycles. The summed E-state index contributed by atoms with van der Waals surface area (Å²) in [5, 5.41) is 12.4. The maximum atomic E-state index is 8.78. The van der Waals surface area contributed by atoms with Crippen molar-refractivity contribution < 1.29 is 5.11 Å². The normalized spacial score (nSPS) is 27.6. The van der Waals surface area contributed by atoms with Gasteiger partial charge in [-0.3, -0.25) is 0 Å². The van der Waals surface area contributed by atoms with Gasteiger partial charge < -0.3 is 10.4 Å². The van der Waals surface area contributed by atoms with Crippen molar-refractivity contribution in [1.29, 1.82) is 0 Å². The number of allylic oxidation sites excluding steroid dienone is 1. The van der Waals surface area contributed by atoms with E-state index in [1.807, 2.05) is 0 Å². The van der Waals surface area contributed by atoms with E-state index in [-0.39, 0.29) is 0 Å². The van der Waals surface area contributed by atoms with Crippen LogP contribution in [0, 0.1) is 11.8 Å². The van der Waals surface area contributed by atoms with E-state index in [1.54, 1.807) is 5.57 Å². The molecule has 0 radical (unpaired) electrons. The summed E-state index contributed by atoms with van der Waals surface area (Å²) in [5.74, 6) is 1.52. The van der Waals surface area contributed by atoms with E-state index in [9.17, 15) is 0 Å². The van der Waals surface area contributed by atoms with Gasteiger partial charge in [0.25, 0.3) is 0 Å². The van der Waals surface area contributed by atoms with E-state index in [1.165, 1.54) is 12.8 Å². The van der Waals surface area contributed by atoms with Crippen molar-refractivity contribution in [1.82, 2.24) is 5.32 Å². The summed E-state index contributed by atoms with van der Waals surface area (Å²) < 4.78 is 0. The van der Waals surface area contributed by atoms with Crippen molar-refractivity contribution in [2.45, 2.75) is 52.5 Å². The highest BCUT2D eigenvalue weighted by Gasteiger charge is 2.21. The lowest BCUT2D eigenvalue weighted by atomic mass is 9.80. The van der Waals surface area contributed by atoms with Crippen LogP contribution in [-0.2, 0) is 0 Å². The van der Waals surface area contributed by atoms with Gasteiger partial charge in [-0.15, -0.1) is 0 Å². The quantitative estimate of drug-likeness (QED) is 0.681. The second-order valence-corrected chi connectivity index (χ2v) is 5.28. The smallest absolute Gasteiger partial charge is 0.0431 e. The van der Waals surface area contributed by atoms with Gasteiger partial charge in [-0.25, -0.2) is 0 Å². The van der Waals surface area contributed by atoms with Crippen LogP contribution in [0.3, 0.4) is 0 Å². The van der Waals surface area contributed by atoms with Crippen molar-refractivity contribution in [2.24, 2.45) is 11.8 Å². The molecule has 0 saturated heterocycles. The average molecular weight is 225 g/mol. The highest BCUT2D eigenvalue weighted by atomic mass is 16.2. The largest absolute Gasteiger partial charge is 0.396 e. The van der Waals surface area contributed by atoms with Gasteiger partial charge in [-0.2, -0.15) is 0 Å². The summed E-state index contributed by atoms with van der Waals surface area (Å²) in [4.78, 5) is 0. The molecule has 0 spiro atoms. The Morgan fingerprint density at radius 1 is 1.56 bits per heavy atom. The Morgan fingerprint density at radius 3 is 2.94 bits per heavy atom. The van der Waals surface area contributed by atoms with Gasteiger partial charge in [-0.05, 0) is 51.4 Å². The summed E-state index contributed by atoms with van der Waals surface area (Å²) in [6.45, 7) is 8.24. The summed E-state index contributed by atoms with van der Waals surface area (Å²) >= 11 is 0. The first-order valence-corrected chi connectivity index (χ1v) is 6.66. The Hall–Kier alpha value is -0.340. The number of hydrogen-bond donors (Lipinski definition) is 2. The fourth-order valence-corrected chi connectivity index (χ4v) is 2.57. The van der Waals surface area contributed by atoms with Crippen LogP contribution in [0.5, 0.6) is 0 Å². The van der Waals surface area contributed by atoms with E-state index in [4.69, 9.17) is 5.11 Å². The molecular weight excluding hydrogens is 198 g/mol. The molecule has 0 aromatic carbocycles. The Morgan fingerprint density at radius 2 is 2.31 bits per heavy atom. The predicted molar refractivity (Wildman–Crippen MR) is 69.4 cm³/mol. The number of aliphatic hydroxyl groups is 1. The molecule has 2 heteroatoms. The molecular formula is C14H27NO. The van der Waals surface area contributed by atoms with Crippen molar-refractivity contribution in [2.75, 3.05) is 13.2 Å². The number of hydrogen-bond acceptors (Lipinski definition) is 2. The average Bonchev–Trinajstić information content (AvgIpc) is 2.25. The molecule has 16 heavy (non-hydrogen) atoms. The van der Waals surface area contributed by atoms with E-state index >= 15 is 0 Å². The van der Waals surface area contributed by atoms with Gasteiger partial charge in [-0.1, -0.05) is 18.6 Å². The van der Waals surface area contributed by atoms with E-state index in [2.05, 4.69) is 32.2 Å². The van der Waals surface area contributed by atoms with Crippen molar-refractivity contribution >= 4 is 0 Å². The van der Waals surface area contributed by atoms with Crippen molar-refractivity contribution in [3.8, 4) is 0 Å². The van der Waals surface area contributed by atoms with Crippen LogP contribution in [0.4, 0.5) is 0 Å². The van der Waals surface area contributed by atoms with Crippen LogP contribution < -0.4 is 5.32 Å². The van der Waals surface area contributed by atoms with Gasteiger partial charge >= 0.3 is 0 Å². The van der Waals surface area contributed by atoms with E-state index < -0.39 is 0 Å². The first kappa shape index (κ1) is 13.7. The van der Waals surface area contributed by atoms with Crippen LogP contribution >= 0.6 is 0 Å². The highest BCUT2D eigenvalue weighted by Crippen LogP contribution is 2.29. The van der Waals surface area contributed by atoms with E-state index in [0.29, 0.717) is 18.6 Å². The van der Waals surface area contributed by atoms with Gasteiger partial charge in [0.15, 0.2) is 0 Å². The summed E-state index contributed by atoms with van der Waals surface area (Å²) in [5.41, 5.74) is 1.56. The fourth-order valence-electron chi connectivity index (χ4n) is 2.57. The molecule has 0 fully saturated rings. The SMILES string of the molecule is CC1=CCC[C@H](C)[C@H]1CN[C@H](C)CCCO. The molecule has 0 saturated carbocycles. The monoisotopic (exact) mass is 225 g/mol. The molecule has 0 bridgehead atoms. The minimum absolute atomic E-state index is 0.310. The minimum atomic E-state index is 0.310. The first-order chi connectivity index (χ1) is 7.65. The van der Waals surface area contributed by atoms with Crippen LogP contribution in [0.1, 0.15) is 46.5 Å². The molecule has 0 unspecified atom stereocenters. The standard InChI is InChI=1S/C14H27NO/c1-11-6-4-7-12(2)14(11)10-15-13(3)8-5-9-16/h6,12-16H,4-5,7-10H2,1-3H3/t12-,13+,14-/m0/s1. The lowest BCUT2D eigenvalue weighted by Gasteiger charge is -2.30. The molecule has 0 aromatic heterocycles. The molecule has 3 atom stereocenters. The van der Waals surface area contributed by atoms with Crippen LogP contribution in [0.15, 0.2) is 11.6 Å². The molecule has 2 nitrogen and oxygen atoms in total. The third-order valence-electron chi connectivity index (χ3n) is 3.84. The zero-order chi connectivity index (χ0) is 12.0. The van der Waals surface area contributed by atoms with Crippen molar-refractivity contribution in [3.63, 3.8) is 0 Å². The second kappa shape index (κ2) is 7.08. The zero-order valence-corrected chi connectivity index (χ0v) is 11.0. The molecule has 2 N–H and O–H groups in total. The lowest BCUT2D eigenvalue weighted by molar-refractivity contribution is 0.272. The maximum absolute atomic E-state index is 8.78. The topological polar surface area (TPSA) is 32.3 Å². The van der Waals surface area contributed by atoms with Gasteiger partial charge in [0, 0.05) is 19.2 Å². The Labute approximate surface area is 100 Å². The van der Waals surface area contributed by atoms with Crippen LogP contribution in [0.2, 0.25) is 0 Å². The number of rotatable bonds is 6. The second-order valence-electron chi connectivity index (χ2n) is 5.28.